The largest absolute Gasteiger partial charge is 0.487 e. The molecule has 0 aliphatic heterocycles. The van der Waals surface area contributed by atoms with Gasteiger partial charge in [0.05, 0.1) is 10.0 Å². The lowest BCUT2D eigenvalue weighted by Crippen LogP contribution is -2.16. The van der Waals surface area contributed by atoms with Crippen molar-refractivity contribution in [2.24, 2.45) is 0 Å². The third-order valence-corrected chi connectivity index (χ3v) is 5.34. The van der Waals surface area contributed by atoms with Gasteiger partial charge in [-0.05, 0) is 32.1 Å². The van der Waals surface area contributed by atoms with E-state index in [2.05, 4.69) is 42.6 Å². The summed E-state index contributed by atoms with van der Waals surface area (Å²) < 4.78 is 6.09. The van der Waals surface area contributed by atoms with Crippen LogP contribution in [-0.2, 0) is 6.61 Å². The lowest BCUT2D eigenvalue weighted by molar-refractivity contribution is 0.309. The van der Waals surface area contributed by atoms with Gasteiger partial charge in [-0.15, -0.1) is 0 Å². The quantitative estimate of drug-likeness (QED) is 0.414. The number of aryl methyl sites for hydroxylation is 1. The average Bonchev–Trinajstić information content (AvgIpc) is 2.71. The minimum absolute atomic E-state index is 0.231. The molecular weight excluding hydrogens is 405 g/mol. The normalized spacial score (nSPS) is 11.6. The number of ether oxygens (including phenoxy) is 1. The molecule has 0 spiro atoms. The number of hydrogen-bond acceptors (Lipinski definition) is 4. The lowest BCUT2D eigenvalue weighted by Gasteiger charge is -2.23. The molecule has 3 rings (SSSR count). The van der Waals surface area contributed by atoms with E-state index in [-0.39, 0.29) is 6.61 Å². The van der Waals surface area contributed by atoms with E-state index in [1.54, 1.807) is 18.5 Å². The van der Waals surface area contributed by atoms with Crippen LogP contribution in [0.3, 0.4) is 0 Å². The standard InChI is InChI=1S/C23H23Cl2N3O/c1-5-8-21(28(4)6-2)17-11-15(3)27-23-16(17)9-7-10-22(23)29-14-18-19(24)12-26-13-20(18)25/h5,7-13H,1,6,14H2,2-4H3/b21-8-. The number of rotatable bonds is 7. The van der Waals surface area contributed by atoms with Crippen LogP contribution >= 0.6 is 23.2 Å². The highest BCUT2D eigenvalue weighted by Crippen LogP contribution is 2.33. The number of para-hydroxylation sites is 1. The molecule has 0 fully saturated rings. The zero-order valence-electron chi connectivity index (χ0n) is 16.7. The van der Waals surface area contributed by atoms with Gasteiger partial charge in [-0.3, -0.25) is 4.98 Å². The molecule has 4 nitrogen and oxygen atoms in total. The van der Waals surface area contributed by atoms with E-state index >= 15 is 0 Å². The second-order valence-corrected chi connectivity index (χ2v) is 7.45. The van der Waals surface area contributed by atoms with E-state index < -0.39 is 0 Å². The molecular formula is C23H23Cl2N3O. The van der Waals surface area contributed by atoms with Crippen molar-refractivity contribution < 1.29 is 4.74 Å². The minimum Gasteiger partial charge on any atom is -0.487 e. The van der Waals surface area contributed by atoms with Gasteiger partial charge in [0.15, 0.2) is 0 Å². The van der Waals surface area contributed by atoms with Crippen LogP contribution < -0.4 is 4.74 Å². The zero-order valence-corrected chi connectivity index (χ0v) is 18.3. The Morgan fingerprint density at radius 3 is 2.62 bits per heavy atom. The number of fused-ring (bicyclic) bond motifs is 1. The fourth-order valence-electron chi connectivity index (χ4n) is 3.11. The molecule has 0 aliphatic rings. The molecule has 0 bridgehead atoms. The van der Waals surface area contributed by atoms with Crippen LogP contribution in [0.4, 0.5) is 0 Å². The fraction of sp³-hybridized carbons (Fsp3) is 0.217. The van der Waals surface area contributed by atoms with E-state index in [0.717, 1.165) is 34.4 Å². The Kier molecular flexibility index (Phi) is 6.78. The SMILES string of the molecule is C=C/C=C(/c1cc(C)nc2c(OCc3c(Cl)cncc3Cl)cccc12)N(C)CC. The molecule has 0 radical (unpaired) electrons. The molecule has 0 saturated heterocycles. The number of pyridine rings is 2. The first-order valence-electron chi connectivity index (χ1n) is 9.31. The van der Waals surface area contributed by atoms with Crippen LogP contribution in [0.15, 0.2) is 55.4 Å². The summed E-state index contributed by atoms with van der Waals surface area (Å²) in [6.07, 6.45) is 6.93. The maximum Gasteiger partial charge on any atom is 0.146 e. The minimum atomic E-state index is 0.231. The molecule has 3 aromatic rings. The number of hydrogen-bond donors (Lipinski definition) is 0. The summed E-state index contributed by atoms with van der Waals surface area (Å²) in [7, 11) is 2.06. The highest BCUT2D eigenvalue weighted by atomic mass is 35.5. The Labute approximate surface area is 181 Å². The van der Waals surface area contributed by atoms with Gasteiger partial charge in [-0.1, -0.05) is 48.0 Å². The molecule has 0 N–H and O–H groups in total. The summed E-state index contributed by atoms with van der Waals surface area (Å²) in [6.45, 7) is 9.07. The van der Waals surface area contributed by atoms with Gasteiger partial charge >= 0.3 is 0 Å². The fourth-order valence-corrected chi connectivity index (χ4v) is 3.58. The van der Waals surface area contributed by atoms with Gasteiger partial charge in [-0.2, -0.15) is 0 Å². The maximum atomic E-state index is 6.23. The summed E-state index contributed by atoms with van der Waals surface area (Å²) in [5.41, 5.74) is 4.56. The number of allylic oxidation sites excluding steroid dienone is 2. The van der Waals surface area contributed by atoms with Crippen molar-refractivity contribution in [3.05, 3.63) is 82.3 Å². The molecule has 0 amide bonds. The van der Waals surface area contributed by atoms with Crippen molar-refractivity contribution in [3.63, 3.8) is 0 Å². The number of aromatic nitrogens is 2. The molecule has 0 unspecified atom stereocenters. The molecule has 0 aliphatic carbocycles. The number of nitrogens with zero attached hydrogens (tertiary/aromatic N) is 3. The summed E-state index contributed by atoms with van der Waals surface area (Å²) in [5.74, 6) is 0.675. The van der Waals surface area contributed by atoms with Gasteiger partial charge in [0.25, 0.3) is 0 Å². The highest BCUT2D eigenvalue weighted by molar-refractivity contribution is 6.35. The molecule has 2 heterocycles. The van der Waals surface area contributed by atoms with E-state index in [4.69, 9.17) is 32.9 Å². The van der Waals surface area contributed by atoms with Crippen LogP contribution in [0.1, 0.15) is 23.7 Å². The third-order valence-electron chi connectivity index (χ3n) is 4.69. The smallest absolute Gasteiger partial charge is 0.146 e. The summed E-state index contributed by atoms with van der Waals surface area (Å²) >= 11 is 12.5. The van der Waals surface area contributed by atoms with Gasteiger partial charge in [0, 0.05) is 53.9 Å². The van der Waals surface area contributed by atoms with Gasteiger partial charge in [0.2, 0.25) is 0 Å². The Morgan fingerprint density at radius 2 is 1.97 bits per heavy atom. The van der Waals surface area contributed by atoms with Crippen LogP contribution in [0, 0.1) is 6.92 Å². The average molecular weight is 428 g/mol. The van der Waals surface area contributed by atoms with Gasteiger partial charge in [0.1, 0.15) is 17.9 Å². The third kappa shape index (κ3) is 4.55. The summed E-state index contributed by atoms with van der Waals surface area (Å²) in [6, 6.07) is 8.01. The first-order valence-corrected chi connectivity index (χ1v) is 10.1. The van der Waals surface area contributed by atoms with Crippen LogP contribution in [0.25, 0.3) is 16.6 Å². The van der Waals surface area contributed by atoms with E-state index in [0.29, 0.717) is 21.4 Å². The monoisotopic (exact) mass is 427 g/mol. The topological polar surface area (TPSA) is 38.3 Å². The van der Waals surface area contributed by atoms with Gasteiger partial charge in [-0.25, -0.2) is 4.98 Å². The molecule has 150 valence electrons. The lowest BCUT2D eigenvalue weighted by atomic mass is 10.0. The van der Waals surface area contributed by atoms with Crippen molar-refractivity contribution in [1.29, 1.82) is 0 Å². The predicted octanol–water partition coefficient (Wildman–Crippen LogP) is 6.30. The van der Waals surface area contributed by atoms with Crippen molar-refractivity contribution in [2.45, 2.75) is 20.5 Å². The molecule has 1 aromatic carbocycles. The maximum absolute atomic E-state index is 6.23. The van der Waals surface area contributed by atoms with Crippen molar-refractivity contribution >= 4 is 39.8 Å². The number of halogens is 2. The molecule has 29 heavy (non-hydrogen) atoms. The van der Waals surface area contributed by atoms with E-state index in [9.17, 15) is 0 Å². The zero-order chi connectivity index (χ0) is 21.0. The Balaban J connectivity index is 2.08. The van der Waals surface area contributed by atoms with Crippen molar-refractivity contribution in [3.8, 4) is 5.75 Å². The van der Waals surface area contributed by atoms with Gasteiger partial charge < -0.3 is 9.64 Å². The predicted molar refractivity (Wildman–Crippen MR) is 122 cm³/mol. The van der Waals surface area contributed by atoms with E-state index in [1.165, 1.54) is 0 Å². The second-order valence-electron chi connectivity index (χ2n) is 6.64. The molecule has 2 aromatic heterocycles. The summed E-state index contributed by atoms with van der Waals surface area (Å²) in [4.78, 5) is 10.9. The van der Waals surface area contributed by atoms with Crippen molar-refractivity contribution in [2.75, 3.05) is 13.6 Å². The van der Waals surface area contributed by atoms with E-state index in [1.807, 2.05) is 25.1 Å². The molecule has 0 saturated carbocycles. The van der Waals surface area contributed by atoms with Crippen LogP contribution in [0.2, 0.25) is 10.0 Å². The summed E-state index contributed by atoms with van der Waals surface area (Å²) in [5, 5.41) is 1.96. The number of benzene rings is 1. The van der Waals surface area contributed by atoms with Crippen molar-refractivity contribution in [1.82, 2.24) is 14.9 Å². The Morgan fingerprint density at radius 1 is 1.24 bits per heavy atom. The Hall–Kier alpha value is -2.56. The first kappa shape index (κ1) is 21.2. The van der Waals surface area contributed by atoms with Crippen LogP contribution in [-0.4, -0.2) is 28.5 Å². The molecule has 0 atom stereocenters. The first-order chi connectivity index (χ1) is 14.0. The molecule has 6 heteroatoms. The Bertz CT molecular complexity index is 1060. The second kappa shape index (κ2) is 9.29. The van der Waals surface area contributed by atoms with Crippen LogP contribution in [0.5, 0.6) is 5.75 Å². The highest BCUT2D eigenvalue weighted by Gasteiger charge is 2.15.